The van der Waals surface area contributed by atoms with Crippen LogP contribution in [-0.4, -0.2) is 54.5 Å². The van der Waals surface area contributed by atoms with Crippen molar-refractivity contribution in [3.63, 3.8) is 0 Å². The zero-order chi connectivity index (χ0) is 22.3. The SMILES string of the molecule is CC(C)(O)c1cccc(CBr)c1.CCOCC.COC(=O)c1cccc(CBr)c1.[Br-].[CH3-].[Mg+2]. The molecule has 0 fully saturated rings. The fourth-order valence-electron chi connectivity index (χ4n) is 2.14. The molecule has 0 aliphatic carbocycles. The van der Waals surface area contributed by atoms with E-state index in [4.69, 9.17) is 4.74 Å². The third kappa shape index (κ3) is 17.5. The van der Waals surface area contributed by atoms with Crippen molar-refractivity contribution in [2.75, 3.05) is 20.3 Å². The molecular formula is C24H35Br3MgO4. The van der Waals surface area contributed by atoms with Gasteiger partial charge >= 0.3 is 29.0 Å². The molecule has 0 aliphatic rings. The second-order valence-corrected chi connectivity index (χ2v) is 7.62. The third-order valence-corrected chi connectivity index (χ3v) is 4.99. The third-order valence-electron chi connectivity index (χ3n) is 3.70. The summed E-state index contributed by atoms with van der Waals surface area (Å²) in [5.74, 6) is -0.294. The van der Waals surface area contributed by atoms with Gasteiger partial charge in [0.15, 0.2) is 0 Å². The summed E-state index contributed by atoms with van der Waals surface area (Å²) >= 11 is 6.69. The zero-order valence-corrected chi connectivity index (χ0v) is 26.1. The largest absolute Gasteiger partial charge is 2.00 e. The summed E-state index contributed by atoms with van der Waals surface area (Å²) in [6.07, 6.45) is 0. The molecule has 0 aromatic heterocycles. The smallest absolute Gasteiger partial charge is 1.00 e. The second-order valence-electron chi connectivity index (χ2n) is 6.50. The number of hydrogen-bond donors (Lipinski definition) is 1. The molecule has 2 rings (SSSR count). The van der Waals surface area contributed by atoms with Crippen molar-refractivity contribution in [3.05, 3.63) is 78.2 Å². The van der Waals surface area contributed by atoms with Crippen LogP contribution in [-0.2, 0) is 25.7 Å². The summed E-state index contributed by atoms with van der Waals surface area (Å²) < 4.78 is 9.41. The van der Waals surface area contributed by atoms with Crippen LogP contribution in [0.4, 0.5) is 0 Å². The minimum atomic E-state index is -0.738. The van der Waals surface area contributed by atoms with Crippen molar-refractivity contribution in [1.82, 2.24) is 0 Å². The summed E-state index contributed by atoms with van der Waals surface area (Å²) in [4.78, 5) is 11.0. The Kier molecular flexibility index (Phi) is 28.0. The molecule has 2 aromatic carbocycles. The Hall–Kier alpha value is 0.0362. The van der Waals surface area contributed by atoms with Crippen molar-refractivity contribution in [1.29, 1.82) is 0 Å². The number of halogens is 3. The molecule has 0 radical (unpaired) electrons. The number of hydrogen-bond acceptors (Lipinski definition) is 4. The Morgan fingerprint density at radius 2 is 1.44 bits per heavy atom. The van der Waals surface area contributed by atoms with Crippen LogP contribution < -0.4 is 17.0 Å². The number of rotatable bonds is 6. The van der Waals surface area contributed by atoms with Gasteiger partial charge in [0.2, 0.25) is 0 Å². The molecule has 178 valence electrons. The number of benzene rings is 2. The van der Waals surface area contributed by atoms with Crippen LogP contribution in [0.15, 0.2) is 48.5 Å². The Morgan fingerprint density at radius 1 is 0.969 bits per heavy atom. The van der Waals surface area contributed by atoms with Crippen molar-refractivity contribution >= 4 is 60.9 Å². The molecule has 0 bridgehead atoms. The van der Waals surface area contributed by atoms with Gasteiger partial charge in [0.25, 0.3) is 0 Å². The van der Waals surface area contributed by atoms with Crippen molar-refractivity contribution in [2.45, 2.75) is 44.0 Å². The first-order valence-electron chi connectivity index (χ1n) is 9.42. The van der Waals surface area contributed by atoms with Gasteiger partial charge in [-0.15, -0.1) is 0 Å². The van der Waals surface area contributed by atoms with Crippen LogP contribution in [0.2, 0.25) is 0 Å². The maximum atomic E-state index is 11.0. The summed E-state index contributed by atoms with van der Waals surface area (Å²) in [7, 11) is 1.38. The molecule has 0 unspecified atom stereocenters. The molecule has 4 nitrogen and oxygen atoms in total. The molecule has 1 N–H and O–H groups in total. The summed E-state index contributed by atoms with van der Waals surface area (Å²) in [6, 6.07) is 15.3. The Bertz CT molecular complexity index is 720. The fraction of sp³-hybridized carbons (Fsp3) is 0.417. The molecule has 32 heavy (non-hydrogen) atoms. The van der Waals surface area contributed by atoms with Crippen LogP contribution in [0.25, 0.3) is 0 Å². The van der Waals surface area contributed by atoms with Crippen LogP contribution in [0.5, 0.6) is 0 Å². The Labute approximate surface area is 238 Å². The van der Waals surface area contributed by atoms with Gasteiger partial charge in [0, 0.05) is 23.9 Å². The minimum Gasteiger partial charge on any atom is -1.00 e. The fourth-order valence-corrected chi connectivity index (χ4v) is 2.84. The van der Waals surface area contributed by atoms with Crippen molar-refractivity contribution < 1.29 is 36.4 Å². The molecule has 0 spiro atoms. The normalized spacial score (nSPS) is 9.25. The maximum absolute atomic E-state index is 11.0. The standard InChI is InChI=1S/C10H13BrO.C9H9BrO2.C4H10O.CH3.BrH.Mg/c1-10(2,12)9-5-3-4-8(6-9)7-11;1-12-9(11)8-4-2-3-7(5-8)6-10;1-3-5-4-2;;;/h3-6,12H,7H2,1-2H3;2-5H,6H2,1H3;3-4H2,1-2H3;1H3;1H;/q;;;-1;;+2/p-1. The molecule has 0 atom stereocenters. The molecule has 0 amide bonds. The molecule has 0 heterocycles. The Balaban J connectivity index is -0.000000189. The van der Waals surface area contributed by atoms with E-state index in [0.717, 1.165) is 35.0 Å². The average molecular weight is 652 g/mol. The van der Waals surface area contributed by atoms with Gasteiger partial charge in [-0.2, -0.15) is 0 Å². The van der Waals surface area contributed by atoms with E-state index in [-0.39, 0.29) is 53.4 Å². The first kappa shape index (κ1) is 39.3. The molecular weight excluding hydrogens is 616 g/mol. The zero-order valence-electron chi connectivity index (χ0n) is 20.0. The number of carbonyl (C=O) groups is 1. The van der Waals surface area contributed by atoms with Crippen LogP contribution in [0.3, 0.4) is 0 Å². The van der Waals surface area contributed by atoms with E-state index in [1.165, 1.54) is 12.7 Å². The predicted octanol–water partition coefficient (Wildman–Crippen LogP) is 3.29. The number of carbonyl (C=O) groups excluding carboxylic acids is 1. The first-order chi connectivity index (χ1) is 13.7. The number of esters is 1. The van der Waals surface area contributed by atoms with E-state index >= 15 is 0 Å². The van der Waals surface area contributed by atoms with E-state index in [0.29, 0.717) is 5.56 Å². The molecule has 0 saturated heterocycles. The summed E-state index contributed by atoms with van der Waals surface area (Å²) in [5.41, 5.74) is 3.07. The van der Waals surface area contributed by atoms with E-state index in [9.17, 15) is 9.90 Å². The van der Waals surface area contributed by atoms with Gasteiger partial charge in [-0.05, 0) is 56.5 Å². The summed E-state index contributed by atoms with van der Waals surface area (Å²) in [6.45, 7) is 9.25. The molecule has 0 saturated carbocycles. The van der Waals surface area contributed by atoms with Gasteiger partial charge in [-0.1, -0.05) is 68.3 Å². The van der Waals surface area contributed by atoms with Gasteiger partial charge in [0.1, 0.15) is 0 Å². The van der Waals surface area contributed by atoms with Crippen LogP contribution in [0, 0.1) is 7.43 Å². The predicted molar refractivity (Wildman–Crippen MR) is 139 cm³/mol. The van der Waals surface area contributed by atoms with Crippen molar-refractivity contribution in [2.24, 2.45) is 0 Å². The summed E-state index contributed by atoms with van der Waals surface area (Å²) in [5, 5.41) is 11.3. The number of aliphatic hydroxyl groups is 1. The first-order valence-corrected chi connectivity index (χ1v) is 11.7. The average Bonchev–Trinajstić information content (AvgIpc) is 2.74. The van der Waals surface area contributed by atoms with Crippen molar-refractivity contribution in [3.8, 4) is 0 Å². The molecule has 0 aliphatic heterocycles. The van der Waals surface area contributed by atoms with Gasteiger partial charge < -0.3 is 39.0 Å². The van der Waals surface area contributed by atoms with Gasteiger partial charge in [-0.25, -0.2) is 4.79 Å². The van der Waals surface area contributed by atoms with Crippen LogP contribution >= 0.6 is 31.9 Å². The van der Waals surface area contributed by atoms with E-state index in [1.807, 2.05) is 50.2 Å². The van der Waals surface area contributed by atoms with E-state index in [2.05, 4.69) is 36.6 Å². The van der Waals surface area contributed by atoms with Gasteiger partial charge in [-0.3, -0.25) is 0 Å². The van der Waals surface area contributed by atoms with E-state index < -0.39 is 5.60 Å². The monoisotopic (exact) mass is 648 g/mol. The van der Waals surface area contributed by atoms with Crippen LogP contribution in [0.1, 0.15) is 54.7 Å². The molecule has 2 aromatic rings. The second kappa shape index (κ2) is 22.8. The number of alkyl halides is 2. The quantitative estimate of drug-likeness (QED) is 0.226. The number of ether oxygens (including phenoxy) is 2. The van der Waals surface area contributed by atoms with Gasteiger partial charge in [0.05, 0.1) is 18.3 Å². The molecule has 8 heteroatoms. The van der Waals surface area contributed by atoms with E-state index in [1.54, 1.807) is 26.0 Å². The topological polar surface area (TPSA) is 55.8 Å². The Morgan fingerprint density at radius 3 is 1.81 bits per heavy atom. The maximum Gasteiger partial charge on any atom is 2.00 e. The minimum absolute atomic E-state index is 0. The number of methoxy groups -OCH3 is 1.